The predicted octanol–water partition coefficient (Wildman–Crippen LogP) is 2.88. The summed E-state index contributed by atoms with van der Waals surface area (Å²) in [5.41, 5.74) is 5.91. The summed E-state index contributed by atoms with van der Waals surface area (Å²) in [5, 5.41) is 0. The minimum absolute atomic E-state index is 0.0725. The number of hydrogen-bond acceptors (Lipinski definition) is 3. The molecule has 4 heteroatoms. The lowest BCUT2D eigenvalue weighted by Crippen LogP contribution is -2.42. The molecule has 1 heterocycles. The van der Waals surface area contributed by atoms with Gasteiger partial charge in [-0.3, -0.25) is 4.79 Å². The summed E-state index contributed by atoms with van der Waals surface area (Å²) in [6, 6.07) is 4.07. The maximum atomic E-state index is 12.3. The van der Waals surface area contributed by atoms with Crippen LogP contribution in [0.2, 0.25) is 0 Å². The molecule has 2 unspecified atom stereocenters. The monoisotopic (exact) mass is 290 g/mol. The van der Waals surface area contributed by atoms with Crippen molar-refractivity contribution in [1.82, 2.24) is 4.90 Å². The molecule has 2 saturated carbocycles. The van der Waals surface area contributed by atoms with Crippen LogP contribution in [0.4, 0.5) is 0 Å². The second kappa shape index (κ2) is 5.48. The molecule has 2 aliphatic rings. The lowest BCUT2D eigenvalue weighted by Gasteiger charge is -2.41. The van der Waals surface area contributed by atoms with Crippen LogP contribution in [-0.2, 0) is 11.3 Å². The standard InChI is InChI=1S/C17H26N2O2/c1-12-8-14(12)15-5-4-13(21-15)10-19(2)16(20)9-17(11-18)6-3-7-17/h4-5,12,14H,3,6-11,18H2,1-2H3. The topological polar surface area (TPSA) is 59.5 Å². The summed E-state index contributed by atoms with van der Waals surface area (Å²) in [5.74, 6) is 3.48. The number of carbonyl (C=O) groups excluding carboxylic acids is 1. The van der Waals surface area contributed by atoms with Gasteiger partial charge in [-0.05, 0) is 49.3 Å². The highest BCUT2D eigenvalue weighted by atomic mass is 16.3. The van der Waals surface area contributed by atoms with E-state index < -0.39 is 0 Å². The van der Waals surface area contributed by atoms with Gasteiger partial charge in [0.05, 0.1) is 6.54 Å². The zero-order valence-electron chi connectivity index (χ0n) is 13.1. The molecule has 4 nitrogen and oxygen atoms in total. The number of hydrogen-bond donors (Lipinski definition) is 1. The van der Waals surface area contributed by atoms with E-state index in [1.54, 1.807) is 4.90 Å². The van der Waals surface area contributed by atoms with Crippen LogP contribution in [0.1, 0.15) is 56.5 Å². The van der Waals surface area contributed by atoms with E-state index in [-0.39, 0.29) is 11.3 Å². The Bertz CT molecular complexity index is 513. The summed E-state index contributed by atoms with van der Waals surface area (Å²) in [6.07, 6.45) is 5.18. The zero-order valence-corrected chi connectivity index (χ0v) is 13.1. The van der Waals surface area contributed by atoms with Crippen molar-refractivity contribution in [2.24, 2.45) is 17.1 Å². The molecule has 1 amide bonds. The van der Waals surface area contributed by atoms with Crippen molar-refractivity contribution in [2.45, 2.75) is 51.5 Å². The largest absolute Gasteiger partial charge is 0.464 e. The van der Waals surface area contributed by atoms with Gasteiger partial charge in [-0.25, -0.2) is 0 Å². The zero-order chi connectivity index (χ0) is 15.0. The molecule has 2 aliphatic carbocycles. The number of carbonyl (C=O) groups is 1. The van der Waals surface area contributed by atoms with Crippen molar-refractivity contribution >= 4 is 5.91 Å². The van der Waals surface area contributed by atoms with E-state index in [0.29, 0.717) is 25.4 Å². The van der Waals surface area contributed by atoms with Crippen LogP contribution in [0.25, 0.3) is 0 Å². The Morgan fingerprint density at radius 1 is 1.48 bits per heavy atom. The normalized spacial score (nSPS) is 26.2. The molecule has 0 radical (unpaired) electrons. The molecule has 2 atom stereocenters. The van der Waals surface area contributed by atoms with Crippen LogP contribution in [0.3, 0.4) is 0 Å². The van der Waals surface area contributed by atoms with Gasteiger partial charge in [-0.1, -0.05) is 13.3 Å². The third-order valence-electron chi connectivity index (χ3n) is 5.35. The Labute approximate surface area is 126 Å². The van der Waals surface area contributed by atoms with Gasteiger partial charge in [-0.2, -0.15) is 0 Å². The molecule has 0 saturated heterocycles. The summed E-state index contributed by atoms with van der Waals surface area (Å²) in [7, 11) is 1.85. The van der Waals surface area contributed by atoms with Crippen molar-refractivity contribution in [3.63, 3.8) is 0 Å². The van der Waals surface area contributed by atoms with Crippen molar-refractivity contribution in [3.8, 4) is 0 Å². The highest BCUT2D eigenvalue weighted by Gasteiger charge is 2.38. The van der Waals surface area contributed by atoms with Crippen LogP contribution in [0.5, 0.6) is 0 Å². The molecule has 2 N–H and O–H groups in total. The highest BCUT2D eigenvalue weighted by molar-refractivity contribution is 5.76. The minimum Gasteiger partial charge on any atom is -0.464 e. The first kappa shape index (κ1) is 14.6. The molecular weight excluding hydrogens is 264 g/mol. The van der Waals surface area contributed by atoms with E-state index in [9.17, 15) is 4.79 Å². The Morgan fingerprint density at radius 2 is 2.19 bits per heavy atom. The summed E-state index contributed by atoms with van der Waals surface area (Å²) in [6.45, 7) is 3.42. The smallest absolute Gasteiger partial charge is 0.223 e. The highest BCUT2D eigenvalue weighted by Crippen LogP contribution is 2.47. The van der Waals surface area contributed by atoms with E-state index >= 15 is 0 Å². The van der Waals surface area contributed by atoms with Gasteiger partial charge >= 0.3 is 0 Å². The first-order valence-electron chi connectivity index (χ1n) is 8.06. The molecule has 0 spiro atoms. The van der Waals surface area contributed by atoms with E-state index in [2.05, 4.69) is 13.0 Å². The third kappa shape index (κ3) is 3.00. The Balaban J connectivity index is 1.54. The van der Waals surface area contributed by atoms with Crippen molar-refractivity contribution in [2.75, 3.05) is 13.6 Å². The van der Waals surface area contributed by atoms with E-state index in [4.69, 9.17) is 10.2 Å². The number of amides is 1. The maximum absolute atomic E-state index is 12.3. The lowest BCUT2D eigenvalue weighted by molar-refractivity contribution is -0.134. The first-order valence-corrected chi connectivity index (χ1v) is 8.06. The van der Waals surface area contributed by atoms with Crippen LogP contribution in [-0.4, -0.2) is 24.4 Å². The van der Waals surface area contributed by atoms with Gasteiger partial charge in [0.15, 0.2) is 0 Å². The second-order valence-electron chi connectivity index (χ2n) is 7.11. The summed E-state index contributed by atoms with van der Waals surface area (Å²) < 4.78 is 5.88. The SMILES string of the molecule is CC1CC1c1ccc(CN(C)C(=O)CC2(CN)CCC2)o1. The third-order valence-corrected chi connectivity index (χ3v) is 5.35. The average Bonchev–Trinajstić information content (AvgIpc) is 2.97. The van der Waals surface area contributed by atoms with E-state index in [1.165, 1.54) is 12.8 Å². The number of nitrogens with zero attached hydrogens (tertiary/aromatic N) is 1. The van der Waals surface area contributed by atoms with Gasteiger partial charge in [0, 0.05) is 19.4 Å². The van der Waals surface area contributed by atoms with Crippen LogP contribution in [0, 0.1) is 11.3 Å². The van der Waals surface area contributed by atoms with E-state index in [0.717, 1.165) is 30.3 Å². The number of rotatable bonds is 6. The van der Waals surface area contributed by atoms with Gasteiger partial charge < -0.3 is 15.1 Å². The summed E-state index contributed by atoms with van der Waals surface area (Å²) in [4.78, 5) is 14.1. The molecule has 0 bridgehead atoms. The van der Waals surface area contributed by atoms with Gasteiger partial charge in [0.2, 0.25) is 5.91 Å². The van der Waals surface area contributed by atoms with Crippen LogP contribution >= 0.6 is 0 Å². The van der Waals surface area contributed by atoms with Gasteiger partial charge in [0.1, 0.15) is 11.5 Å². The fourth-order valence-electron chi connectivity index (χ4n) is 3.30. The van der Waals surface area contributed by atoms with Crippen molar-refractivity contribution < 1.29 is 9.21 Å². The molecule has 21 heavy (non-hydrogen) atoms. The molecule has 1 aromatic rings. The number of nitrogens with two attached hydrogens (primary N) is 1. The second-order valence-corrected chi connectivity index (χ2v) is 7.11. The Kier molecular flexibility index (Phi) is 3.82. The Hall–Kier alpha value is -1.29. The quantitative estimate of drug-likeness (QED) is 0.876. The van der Waals surface area contributed by atoms with Crippen molar-refractivity contribution in [1.29, 1.82) is 0 Å². The van der Waals surface area contributed by atoms with Gasteiger partial charge in [0.25, 0.3) is 0 Å². The van der Waals surface area contributed by atoms with Crippen LogP contribution in [0.15, 0.2) is 16.5 Å². The first-order chi connectivity index (χ1) is 10.0. The molecule has 116 valence electrons. The average molecular weight is 290 g/mol. The lowest BCUT2D eigenvalue weighted by atomic mass is 9.66. The minimum atomic E-state index is 0.0725. The molecule has 2 fully saturated rings. The van der Waals surface area contributed by atoms with Gasteiger partial charge in [-0.15, -0.1) is 0 Å². The maximum Gasteiger partial charge on any atom is 0.223 e. The molecule has 1 aromatic heterocycles. The van der Waals surface area contributed by atoms with E-state index in [1.807, 2.05) is 13.1 Å². The number of furan rings is 1. The summed E-state index contributed by atoms with van der Waals surface area (Å²) >= 11 is 0. The molecular formula is C17H26N2O2. The Morgan fingerprint density at radius 3 is 2.71 bits per heavy atom. The fraction of sp³-hybridized carbons (Fsp3) is 0.706. The van der Waals surface area contributed by atoms with Crippen LogP contribution < -0.4 is 5.73 Å². The van der Waals surface area contributed by atoms with Crippen molar-refractivity contribution in [3.05, 3.63) is 23.7 Å². The molecule has 0 aliphatic heterocycles. The molecule has 0 aromatic carbocycles. The molecule has 3 rings (SSSR count). The predicted molar refractivity (Wildman–Crippen MR) is 81.7 cm³/mol. The fourth-order valence-corrected chi connectivity index (χ4v) is 3.30.